The monoisotopic (exact) mass is 428 g/mol. The van der Waals surface area contributed by atoms with Gasteiger partial charge in [-0.1, -0.05) is 11.6 Å². The van der Waals surface area contributed by atoms with Crippen LogP contribution in [0, 0.1) is 11.7 Å². The maximum absolute atomic E-state index is 13.1. The molecule has 2 N–H and O–H groups in total. The molecule has 0 saturated carbocycles. The number of halogens is 2. The second-order valence-corrected chi connectivity index (χ2v) is 8.75. The van der Waals surface area contributed by atoms with Crippen LogP contribution >= 0.6 is 11.6 Å². The zero-order valence-corrected chi connectivity index (χ0v) is 17.2. The Morgan fingerprint density at radius 1 is 1.27 bits per heavy atom. The van der Waals surface area contributed by atoms with E-state index in [-0.39, 0.29) is 17.8 Å². The first-order chi connectivity index (χ1) is 14.4. The van der Waals surface area contributed by atoms with Gasteiger partial charge in [0.15, 0.2) is 0 Å². The van der Waals surface area contributed by atoms with Crippen LogP contribution in [0.2, 0.25) is 5.02 Å². The predicted octanol–water partition coefficient (Wildman–Crippen LogP) is 4.54. The quantitative estimate of drug-likeness (QED) is 0.629. The highest BCUT2D eigenvalue weighted by Crippen LogP contribution is 2.51. The number of hydrogen-bond donors (Lipinski definition) is 2. The fourth-order valence-electron chi connectivity index (χ4n) is 4.97. The highest BCUT2D eigenvalue weighted by Gasteiger charge is 2.50. The lowest BCUT2D eigenvalue weighted by Crippen LogP contribution is -2.49. The Hall–Kier alpha value is -2.64. The average Bonchev–Trinajstić information content (AvgIpc) is 3.26. The van der Waals surface area contributed by atoms with Gasteiger partial charge in [0.05, 0.1) is 17.3 Å². The molecule has 156 valence electrons. The number of nitrogens with one attached hydrogen (secondary N) is 1. The van der Waals surface area contributed by atoms with E-state index in [2.05, 4.69) is 10.4 Å². The van der Waals surface area contributed by atoms with E-state index in [4.69, 9.17) is 11.6 Å². The normalized spacial score (nSPS) is 23.9. The lowest BCUT2D eigenvalue weighted by Gasteiger charge is -2.42. The summed E-state index contributed by atoms with van der Waals surface area (Å²) in [6.45, 7) is 3.18. The molecule has 5 rings (SSSR count). The zero-order chi connectivity index (χ0) is 21.0. The number of aliphatic hydroxyl groups is 1. The van der Waals surface area contributed by atoms with Crippen LogP contribution in [-0.4, -0.2) is 38.9 Å². The SMILES string of the molecule is CC1(C2CCN(C(=O)Nc3ccc(F)cc3)CC2)[C@H](O)c2cc(Cl)cc3cnn1c23. The number of aliphatic hydroxyl groups excluding tert-OH is 1. The Kier molecular flexibility index (Phi) is 4.48. The van der Waals surface area contributed by atoms with Crippen molar-refractivity contribution in [3.8, 4) is 0 Å². The standard InChI is InChI=1S/C22H22ClFN4O2/c1-22(20(29)18-11-15(23)10-13-12-25-28(22)19(13)18)14-6-8-27(9-7-14)21(30)26-17-4-2-16(24)3-5-17/h2-5,10-12,14,20,29H,6-9H2,1H3,(H,26,30)/t20-,22?/m1/s1. The van der Waals surface area contributed by atoms with Gasteiger partial charge in [-0.05, 0) is 62.1 Å². The number of rotatable bonds is 2. The molecule has 2 aliphatic rings. The predicted molar refractivity (Wildman–Crippen MR) is 113 cm³/mol. The molecule has 0 bridgehead atoms. The molecule has 6 nitrogen and oxygen atoms in total. The Labute approximate surface area is 178 Å². The minimum absolute atomic E-state index is 0.150. The van der Waals surface area contributed by atoms with Crippen molar-refractivity contribution in [1.29, 1.82) is 0 Å². The number of carbonyl (C=O) groups excluding carboxylic acids is 1. The van der Waals surface area contributed by atoms with Crippen LogP contribution in [0.3, 0.4) is 0 Å². The summed E-state index contributed by atoms with van der Waals surface area (Å²) in [7, 11) is 0. The second kappa shape index (κ2) is 6.96. The van der Waals surface area contributed by atoms with Crippen molar-refractivity contribution in [2.45, 2.75) is 31.4 Å². The van der Waals surface area contributed by atoms with Gasteiger partial charge >= 0.3 is 6.03 Å². The van der Waals surface area contributed by atoms with Gasteiger partial charge in [0.2, 0.25) is 0 Å². The molecular formula is C22H22ClFN4O2. The molecule has 30 heavy (non-hydrogen) atoms. The first-order valence-corrected chi connectivity index (χ1v) is 10.4. The summed E-state index contributed by atoms with van der Waals surface area (Å²) >= 11 is 6.24. The molecule has 2 amide bonds. The highest BCUT2D eigenvalue weighted by atomic mass is 35.5. The number of carbonyl (C=O) groups is 1. The first kappa shape index (κ1) is 19.3. The summed E-state index contributed by atoms with van der Waals surface area (Å²) in [4.78, 5) is 14.3. The molecule has 1 unspecified atom stereocenters. The van der Waals surface area contributed by atoms with Crippen molar-refractivity contribution in [2.24, 2.45) is 5.92 Å². The molecule has 0 radical (unpaired) electrons. The fraction of sp³-hybridized carbons (Fsp3) is 0.364. The number of likely N-dealkylation sites (tertiary alicyclic amines) is 1. The molecule has 1 aromatic heterocycles. The van der Waals surface area contributed by atoms with E-state index < -0.39 is 11.6 Å². The van der Waals surface area contributed by atoms with Crippen LogP contribution < -0.4 is 5.32 Å². The maximum atomic E-state index is 13.1. The van der Waals surface area contributed by atoms with E-state index in [0.29, 0.717) is 23.8 Å². The van der Waals surface area contributed by atoms with Crippen LogP contribution in [-0.2, 0) is 5.54 Å². The molecule has 2 aliphatic heterocycles. The third kappa shape index (κ3) is 2.87. The highest BCUT2D eigenvalue weighted by molar-refractivity contribution is 6.31. The lowest BCUT2D eigenvalue weighted by atomic mass is 9.75. The molecule has 2 atom stereocenters. The molecule has 0 spiro atoms. The topological polar surface area (TPSA) is 70.4 Å². The summed E-state index contributed by atoms with van der Waals surface area (Å²) in [5.41, 5.74) is 1.72. The van der Waals surface area contributed by atoms with Crippen LogP contribution in [0.5, 0.6) is 0 Å². The molecule has 2 aromatic carbocycles. The summed E-state index contributed by atoms with van der Waals surface area (Å²) in [6.07, 6.45) is 2.58. The number of piperidine rings is 1. The smallest absolute Gasteiger partial charge is 0.321 e. The number of nitrogens with zero attached hydrogens (tertiary/aromatic N) is 3. The third-order valence-electron chi connectivity index (χ3n) is 6.67. The van der Waals surface area contributed by atoms with Crippen molar-refractivity contribution in [2.75, 3.05) is 18.4 Å². The Morgan fingerprint density at radius 3 is 2.67 bits per heavy atom. The number of hydrogen-bond acceptors (Lipinski definition) is 3. The first-order valence-electron chi connectivity index (χ1n) is 10.0. The number of amides is 2. The summed E-state index contributed by atoms with van der Waals surface area (Å²) in [5.74, 6) is -0.191. The molecule has 3 aromatic rings. The average molecular weight is 429 g/mol. The molecule has 1 fully saturated rings. The van der Waals surface area contributed by atoms with E-state index in [1.165, 1.54) is 12.1 Å². The molecule has 8 heteroatoms. The van der Waals surface area contributed by atoms with Gasteiger partial charge in [-0.15, -0.1) is 0 Å². The minimum Gasteiger partial charge on any atom is -0.386 e. The number of urea groups is 1. The van der Waals surface area contributed by atoms with Crippen LogP contribution in [0.4, 0.5) is 14.9 Å². The van der Waals surface area contributed by atoms with Crippen molar-refractivity contribution >= 4 is 34.2 Å². The Morgan fingerprint density at radius 2 is 1.97 bits per heavy atom. The molecule has 1 saturated heterocycles. The zero-order valence-electron chi connectivity index (χ0n) is 16.5. The number of anilines is 1. The van der Waals surface area contributed by atoms with E-state index in [9.17, 15) is 14.3 Å². The van der Waals surface area contributed by atoms with Crippen LogP contribution in [0.15, 0.2) is 42.6 Å². The van der Waals surface area contributed by atoms with Gasteiger partial charge in [-0.2, -0.15) is 5.10 Å². The Balaban J connectivity index is 1.32. The van der Waals surface area contributed by atoms with E-state index in [0.717, 1.165) is 29.3 Å². The molecule has 3 heterocycles. The van der Waals surface area contributed by atoms with Crippen LogP contribution in [0.1, 0.15) is 31.4 Å². The van der Waals surface area contributed by atoms with E-state index >= 15 is 0 Å². The van der Waals surface area contributed by atoms with Gasteiger partial charge in [-0.25, -0.2) is 9.18 Å². The fourth-order valence-corrected chi connectivity index (χ4v) is 5.20. The largest absolute Gasteiger partial charge is 0.386 e. The number of benzene rings is 2. The second-order valence-electron chi connectivity index (χ2n) is 8.32. The van der Waals surface area contributed by atoms with Gasteiger partial charge in [0, 0.05) is 34.7 Å². The van der Waals surface area contributed by atoms with Gasteiger partial charge in [-0.3, -0.25) is 4.68 Å². The maximum Gasteiger partial charge on any atom is 0.321 e. The summed E-state index contributed by atoms with van der Waals surface area (Å²) in [5, 5.41) is 20.1. The van der Waals surface area contributed by atoms with Gasteiger partial charge < -0.3 is 15.3 Å². The third-order valence-corrected chi connectivity index (χ3v) is 6.88. The molecular weight excluding hydrogens is 407 g/mol. The van der Waals surface area contributed by atoms with Crippen molar-refractivity contribution in [1.82, 2.24) is 14.7 Å². The lowest BCUT2D eigenvalue weighted by molar-refractivity contribution is -0.0111. The van der Waals surface area contributed by atoms with E-state index in [1.807, 2.05) is 23.7 Å². The van der Waals surface area contributed by atoms with E-state index in [1.54, 1.807) is 23.2 Å². The summed E-state index contributed by atoms with van der Waals surface area (Å²) < 4.78 is 15.0. The van der Waals surface area contributed by atoms with Gasteiger partial charge in [0.25, 0.3) is 0 Å². The Bertz CT molecular complexity index is 1120. The van der Waals surface area contributed by atoms with Crippen molar-refractivity contribution in [3.63, 3.8) is 0 Å². The number of aromatic nitrogens is 2. The van der Waals surface area contributed by atoms with Crippen molar-refractivity contribution < 1.29 is 14.3 Å². The minimum atomic E-state index is -0.702. The van der Waals surface area contributed by atoms with Crippen molar-refractivity contribution in [3.05, 3.63) is 59.0 Å². The molecule has 0 aliphatic carbocycles. The summed E-state index contributed by atoms with van der Waals surface area (Å²) in [6, 6.07) is 9.21. The van der Waals surface area contributed by atoms with Crippen LogP contribution in [0.25, 0.3) is 10.9 Å². The van der Waals surface area contributed by atoms with Gasteiger partial charge in [0.1, 0.15) is 11.9 Å².